The molecule has 170 valence electrons. The number of carbonyl (C=O) groups excluding carboxylic acids is 1. The first kappa shape index (κ1) is 22.0. The van der Waals surface area contributed by atoms with Crippen LogP contribution in [-0.2, 0) is 4.79 Å². The number of thioether (sulfide) groups is 1. The van der Waals surface area contributed by atoms with Crippen LogP contribution in [0.3, 0.4) is 0 Å². The van der Waals surface area contributed by atoms with Crippen LogP contribution in [0.15, 0.2) is 80.7 Å². The molecule has 0 atom stereocenters. The van der Waals surface area contributed by atoms with Gasteiger partial charge in [0.1, 0.15) is 34.7 Å². The molecule has 0 fully saturated rings. The second kappa shape index (κ2) is 9.20. The number of nitrogens with zero attached hydrogens (tertiary/aromatic N) is 3. The predicted octanol–water partition coefficient (Wildman–Crippen LogP) is 5.31. The molecule has 3 heterocycles. The van der Waals surface area contributed by atoms with Gasteiger partial charge in [0.15, 0.2) is 5.84 Å². The summed E-state index contributed by atoms with van der Waals surface area (Å²) in [4.78, 5) is 16.7. The van der Waals surface area contributed by atoms with Crippen LogP contribution < -0.4 is 9.47 Å². The summed E-state index contributed by atoms with van der Waals surface area (Å²) < 4.78 is 16.8. The van der Waals surface area contributed by atoms with Crippen molar-refractivity contribution in [3.05, 3.63) is 77.0 Å². The number of fused-ring (bicyclic) bond motifs is 1. The van der Waals surface area contributed by atoms with E-state index in [1.807, 2.05) is 36.4 Å². The molecule has 1 aromatic heterocycles. The Morgan fingerprint density at radius 2 is 2.00 bits per heavy atom. The highest BCUT2D eigenvalue weighted by atomic mass is 35.5. The number of aliphatic imine (C=N–C) groups is 1. The number of methoxy groups -OCH3 is 1. The van der Waals surface area contributed by atoms with E-state index in [9.17, 15) is 4.79 Å². The molecule has 0 saturated heterocycles. The average molecular weight is 493 g/mol. The van der Waals surface area contributed by atoms with Gasteiger partial charge in [0.25, 0.3) is 5.91 Å². The Labute approximate surface area is 204 Å². The van der Waals surface area contributed by atoms with Gasteiger partial charge in [-0.15, -0.1) is 0 Å². The van der Waals surface area contributed by atoms with Gasteiger partial charge >= 0.3 is 0 Å². The fraction of sp³-hybridized carbons (Fsp3) is 0.0833. The number of nitrogens with one attached hydrogen (secondary N) is 1. The predicted molar refractivity (Wildman–Crippen MR) is 133 cm³/mol. The number of hydrazone groups is 1. The Morgan fingerprint density at radius 1 is 1.18 bits per heavy atom. The lowest BCUT2D eigenvalue weighted by atomic mass is 10.1. The SMILES string of the molecule is COc1ccc(-c2ccc(C=C3C(=N)N4N=C(COc5ccccc5)SC4=NC3=O)o2)cc1Cl. The highest BCUT2D eigenvalue weighted by molar-refractivity contribution is 8.27. The van der Waals surface area contributed by atoms with Gasteiger partial charge in [-0.2, -0.15) is 15.1 Å². The van der Waals surface area contributed by atoms with Crippen molar-refractivity contribution in [2.75, 3.05) is 13.7 Å². The maximum absolute atomic E-state index is 12.6. The van der Waals surface area contributed by atoms with Crippen LogP contribution in [0.2, 0.25) is 5.02 Å². The summed E-state index contributed by atoms with van der Waals surface area (Å²) in [7, 11) is 1.55. The smallest absolute Gasteiger partial charge is 0.283 e. The number of rotatable bonds is 6. The molecule has 5 rings (SSSR count). The number of amides is 1. The molecule has 0 bridgehead atoms. The summed E-state index contributed by atoms with van der Waals surface area (Å²) in [5.74, 6) is 1.61. The van der Waals surface area contributed by atoms with Gasteiger partial charge in [-0.05, 0) is 60.3 Å². The largest absolute Gasteiger partial charge is 0.495 e. The fourth-order valence-electron chi connectivity index (χ4n) is 3.30. The lowest BCUT2D eigenvalue weighted by Gasteiger charge is -2.19. The molecule has 0 spiro atoms. The topological polar surface area (TPSA) is 100 Å². The van der Waals surface area contributed by atoms with E-state index in [4.69, 9.17) is 30.9 Å². The van der Waals surface area contributed by atoms with E-state index in [-0.39, 0.29) is 18.0 Å². The number of hydrogen-bond acceptors (Lipinski definition) is 7. The quantitative estimate of drug-likeness (QED) is 0.468. The van der Waals surface area contributed by atoms with Crippen molar-refractivity contribution in [1.29, 1.82) is 5.41 Å². The maximum Gasteiger partial charge on any atom is 0.283 e. The van der Waals surface area contributed by atoms with Crippen LogP contribution in [0, 0.1) is 5.41 Å². The van der Waals surface area contributed by atoms with Crippen molar-refractivity contribution in [3.8, 4) is 22.8 Å². The van der Waals surface area contributed by atoms with Crippen molar-refractivity contribution >= 4 is 51.4 Å². The number of carbonyl (C=O) groups is 1. The van der Waals surface area contributed by atoms with Gasteiger partial charge in [0.05, 0.1) is 17.7 Å². The highest BCUT2D eigenvalue weighted by Crippen LogP contribution is 2.32. The molecule has 2 aromatic carbocycles. The lowest BCUT2D eigenvalue weighted by Crippen LogP contribution is -2.35. The molecule has 1 amide bonds. The second-order valence-electron chi connectivity index (χ2n) is 7.17. The van der Waals surface area contributed by atoms with E-state index >= 15 is 0 Å². The van der Waals surface area contributed by atoms with Crippen LogP contribution in [0.1, 0.15) is 5.76 Å². The molecule has 0 saturated carbocycles. The minimum Gasteiger partial charge on any atom is -0.495 e. The fourth-order valence-corrected chi connectivity index (χ4v) is 4.36. The third kappa shape index (κ3) is 4.35. The lowest BCUT2D eigenvalue weighted by molar-refractivity contribution is -0.114. The molecule has 3 aromatic rings. The van der Waals surface area contributed by atoms with E-state index in [0.29, 0.717) is 38.3 Å². The van der Waals surface area contributed by atoms with Crippen molar-refractivity contribution in [2.24, 2.45) is 10.1 Å². The summed E-state index contributed by atoms with van der Waals surface area (Å²) in [5.41, 5.74) is 0.830. The van der Waals surface area contributed by atoms with Gasteiger partial charge in [0, 0.05) is 5.56 Å². The molecule has 2 aliphatic heterocycles. The first-order chi connectivity index (χ1) is 16.5. The minimum atomic E-state index is -0.533. The first-order valence-electron chi connectivity index (χ1n) is 10.1. The third-order valence-corrected chi connectivity index (χ3v) is 6.13. The van der Waals surface area contributed by atoms with Crippen molar-refractivity contribution in [2.45, 2.75) is 0 Å². The number of para-hydroxylation sites is 1. The van der Waals surface area contributed by atoms with Crippen molar-refractivity contribution < 1.29 is 18.7 Å². The minimum absolute atomic E-state index is 0.0759. The average Bonchev–Trinajstić information content (AvgIpc) is 3.48. The summed E-state index contributed by atoms with van der Waals surface area (Å²) in [6.45, 7) is 0.205. The van der Waals surface area contributed by atoms with Crippen LogP contribution in [0.25, 0.3) is 17.4 Å². The molecule has 1 N–H and O–H groups in total. The van der Waals surface area contributed by atoms with Gasteiger partial charge in [-0.25, -0.2) is 0 Å². The van der Waals surface area contributed by atoms with Crippen molar-refractivity contribution in [3.63, 3.8) is 0 Å². The molecule has 0 unspecified atom stereocenters. The highest BCUT2D eigenvalue weighted by Gasteiger charge is 2.36. The van der Waals surface area contributed by atoms with Gasteiger partial charge in [0.2, 0.25) is 5.17 Å². The number of halogens is 1. The Hall–Kier alpha value is -3.82. The molecule has 34 heavy (non-hydrogen) atoms. The molecule has 10 heteroatoms. The van der Waals surface area contributed by atoms with E-state index in [2.05, 4.69) is 10.1 Å². The van der Waals surface area contributed by atoms with E-state index in [1.54, 1.807) is 31.4 Å². The monoisotopic (exact) mass is 492 g/mol. The van der Waals surface area contributed by atoms with Crippen LogP contribution in [0.5, 0.6) is 11.5 Å². The summed E-state index contributed by atoms with van der Waals surface area (Å²) in [6.07, 6.45) is 1.48. The maximum atomic E-state index is 12.6. The molecule has 0 aliphatic carbocycles. The zero-order valence-corrected chi connectivity index (χ0v) is 19.4. The van der Waals surface area contributed by atoms with E-state index in [1.165, 1.54) is 22.8 Å². The van der Waals surface area contributed by atoms with Crippen molar-refractivity contribution in [1.82, 2.24) is 5.01 Å². The summed E-state index contributed by atoms with van der Waals surface area (Å²) in [6, 6.07) is 18.1. The first-order valence-corrected chi connectivity index (χ1v) is 11.3. The molecule has 8 nitrogen and oxygen atoms in total. The zero-order chi connectivity index (χ0) is 23.7. The van der Waals surface area contributed by atoms with Crippen LogP contribution in [0.4, 0.5) is 0 Å². The molecular weight excluding hydrogens is 476 g/mol. The Morgan fingerprint density at radius 3 is 2.76 bits per heavy atom. The van der Waals surface area contributed by atoms with E-state index in [0.717, 1.165) is 5.56 Å². The number of ether oxygens (including phenoxy) is 2. The molecular formula is C24H17ClN4O4S. The zero-order valence-electron chi connectivity index (χ0n) is 17.8. The molecule has 0 radical (unpaired) electrons. The summed E-state index contributed by atoms with van der Waals surface area (Å²) >= 11 is 7.41. The van der Waals surface area contributed by atoms with Gasteiger partial charge in [-0.3, -0.25) is 10.2 Å². The van der Waals surface area contributed by atoms with Gasteiger partial charge in [-0.1, -0.05) is 29.8 Å². The Balaban J connectivity index is 1.34. The standard InChI is InChI=1S/C24H17ClN4O4S/c1-31-20-9-7-14(11-18(20)25)19-10-8-16(33-19)12-17-22(26)29-24(27-23(17)30)34-21(28-29)13-32-15-5-3-2-4-6-15/h2-12,26H,13H2,1H3. The normalized spacial score (nSPS) is 16.4. The Bertz CT molecular complexity index is 1380. The summed E-state index contributed by atoms with van der Waals surface area (Å²) in [5, 5.41) is 15.6. The van der Waals surface area contributed by atoms with E-state index < -0.39 is 5.91 Å². The molecule has 2 aliphatic rings. The number of hydrogen-bond donors (Lipinski definition) is 1. The number of furan rings is 1. The second-order valence-corrected chi connectivity index (χ2v) is 8.61. The Kier molecular flexibility index (Phi) is 5.95. The third-order valence-electron chi connectivity index (χ3n) is 4.95. The number of amidine groups is 2. The van der Waals surface area contributed by atoms with Crippen LogP contribution in [-0.4, -0.2) is 40.7 Å². The van der Waals surface area contributed by atoms with Gasteiger partial charge < -0.3 is 13.9 Å². The number of benzene rings is 2. The van der Waals surface area contributed by atoms with Crippen LogP contribution >= 0.6 is 23.4 Å².